The molecule has 100 valence electrons. The summed E-state index contributed by atoms with van der Waals surface area (Å²) in [7, 11) is 4.31. The van der Waals surface area contributed by atoms with Crippen LogP contribution in [0.4, 0.5) is 0 Å². The number of hydrogen-bond donors (Lipinski definition) is 1. The molecule has 1 aromatic carbocycles. The van der Waals surface area contributed by atoms with Crippen molar-refractivity contribution in [3.05, 3.63) is 35.9 Å². The normalized spacial score (nSPS) is 23.2. The van der Waals surface area contributed by atoms with E-state index in [1.165, 1.54) is 5.56 Å². The first-order valence-corrected chi connectivity index (χ1v) is 6.84. The summed E-state index contributed by atoms with van der Waals surface area (Å²) in [4.78, 5) is 4.91. The highest BCUT2D eigenvalue weighted by Crippen LogP contribution is 2.23. The lowest BCUT2D eigenvalue weighted by Crippen LogP contribution is -2.55. The quantitative estimate of drug-likeness (QED) is 0.871. The van der Waals surface area contributed by atoms with Gasteiger partial charge in [0.25, 0.3) is 0 Å². The molecule has 2 rings (SSSR count). The number of nitrogens with one attached hydrogen (secondary N) is 1. The molecular formula is C15H25N3. The molecule has 1 heterocycles. The lowest BCUT2D eigenvalue weighted by molar-refractivity contribution is 0.0942. The number of benzene rings is 1. The Balaban J connectivity index is 2.08. The molecule has 1 aromatic rings. The van der Waals surface area contributed by atoms with Crippen LogP contribution in [-0.2, 0) is 0 Å². The standard InChI is InChI=1S/C15H25N3/c1-13(14-7-5-4-6-8-14)18-10-9-16-11-15(18)12-17(2)3/h4-8,13,15-16H,9-12H2,1-3H3. The van der Waals surface area contributed by atoms with Gasteiger partial charge in [-0.15, -0.1) is 0 Å². The molecule has 1 N–H and O–H groups in total. The fraction of sp³-hybridized carbons (Fsp3) is 0.600. The summed E-state index contributed by atoms with van der Waals surface area (Å²) in [5.41, 5.74) is 1.42. The molecule has 0 radical (unpaired) electrons. The van der Waals surface area contributed by atoms with Crippen LogP contribution < -0.4 is 5.32 Å². The molecule has 0 bridgehead atoms. The van der Waals surface area contributed by atoms with Gasteiger partial charge in [0.05, 0.1) is 0 Å². The maximum absolute atomic E-state index is 3.51. The van der Waals surface area contributed by atoms with E-state index >= 15 is 0 Å². The molecule has 0 saturated carbocycles. The molecule has 1 saturated heterocycles. The molecule has 0 aliphatic carbocycles. The van der Waals surface area contributed by atoms with Crippen LogP contribution in [0.15, 0.2) is 30.3 Å². The van der Waals surface area contributed by atoms with Crippen molar-refractivity contribution < 1.29 is 0 Å². The van der Waals surface area contributed by atoms with Crippen LogP contribution in [0.2, 0.25) is 0 Å². The van der Waals surface area contributed by atoms with Crippen molar-refractivity contribution in [2.24, 2.45) is 0 Å². The van der Waals surface area contributed by atoms with E-state index in [0.29, 0.717) is 12.1 Å². The molecule has 3 nitrogen and oxygen atoms in total. The van der Waals surface area contributed by atoms with Crippen molar-refractivity contribution in [1.82, 2.24) is 15.1 Å². The molecule has 0 amide bonds. The van der Waals surface area contributed by atoms with Gasteiger partial charge in [-0.1, -0.05) is 30.3 Å². The first-order valence-electron chi connectivity index (χ1n) is 6.84. The second kappa shape index (κ2) is 6.32. The summed E-state index contributed by atoms with van der Waals surface area (Å²) in [5, 5.41) is 3.51. The summed E-state index contributed by atoms with van der Waals surface area (Å²) in [6, 6.07) is 11.9. The third-order valence-corrected chi connectivity index (χ3v) is 3.75. The zero-order valence-electron chi connectivity index (χ0n) is 11.8. The predicted molar refractivity (Wildman–Crippen MR) is 76.8 cm³/mol. The summed E-state index contributed by atoms with van der Waals surface area (Å²) in [6.07, 6.45) is 0. The van der Waals surface area contributed by atoms with Crippen LogP contribution >= 0.6 is 0 Å². The highest BCUT2D eigenvalue weighted by atomic mass is 15.3. The largest absolute Gasteiger partial charge is 0.314 e. The second-order valence-electron chi connectivity index (χ2n) is 5.44. The fourth-order valence-corrected chi connectivity index (χ4v) is 2.80. The van der Waals surface area contributed by atoms with Crippen molar-refractivity contribution in [3.63, 3.8) is 0 Å². The smallest absolute Gasteiger partial charge is 0.0354 e. The Bertz CT molecular complexity index is 350. The molecule has 18 heavy (non-hydrogen) atoms. The van der Waals surface area contributed by atoms with Crippen LogP contribution in [0.25, 0.3) is 0 Å². The molecule has 2 unspecified atom stereocenters. The highest BCUT2D eigenvalue weighted by molar-refractivity contribution is 5.18. The number of piperazine rings is 1. The summed E-state index contributed by atoms with van der Waals surface area (Å²) in [5.74, 6) is 0. The first kappa shape index (κ1) is 13.5. The highest BCUT2D eigenvalue weighted by Gasteiger charge is 2.27. The van der Waals surface area contributed by atoms with E-state index in [-0.39, 0.29) is 0 Å². The van der Waals surface area contributed by atoms with Crippen LogP contribution in [0, 0.1) is 0 Å². The van der Waals surface area contributed by atoms with Crippen LogP contribution in [0.1, 0.15) is 18.5 Å². The van der Waals surface area contributed by atoms with Crippen LogP contribution in [0.5, 0.6) is 0 Å². The molecule has 3 heteroatoms. The topological polar surface area (TPSA) is 18.5 Å². The number of rotatable bonds is 4. The van der Waals surface area contributed by atoms with Crippen molar-refractivity contribution in [2.45, 2.75) is 19.0 Å². The number of nitrogens with zero attached hydrogens (tertiary/aromatic N) is 2. The van der Waals surface area contributed by atoms with Gasteiger partial charge in [0.1, 0.15) is 0 Å². The van der Waals surface area contributed by atoms with Gasteiger partial charge < -0.3 is 10.2 Å². The van der Waals surface area contributed by atoms with Crippen LogP contribution in [-0.4, -0.2) is 56.1 Å². The zero-order chi connectivity index (χ0) is 13.0. The van der Waals surface area contributed by atoms with E-state index in [1.54, 1.807) is 0 Å². The van der Waals surface area contributed by atoms with E-state index < -0.39 is 0 Å². The van der Waals surface area contributed by atoms with Gasteiger partial charge in [-0.3, -0.25) is 4.90 Å². The minimum atomic E-state index is 0.498. The molecule has 1 aliphatic rings. The second-order valence-corrected chi connectivity index (χ2v) is 5.44. The van der Waals surface area contributed by atoms with E-state index in [2.05, 4.69) is 66.5 Å². The molecular weight excluding hydrogens is 222 g/mol. The van der Waals surface area contributed by atoms with E-state index in [9.17, 15) is 0 Å². The molecule has 2 atom stereocenters. The molecule has 1 fully saturated rings. The SMILES string of the molecule is CC(c1ccccc1)N1CCNCC1CN(C)C. The Morgan fingerprint density at radius 1 is 1.33 bits per heavy atom. The minimum Gasteiger partial charge on any atom is -0.314 e. The summed E-state index contributed by atoms with van der Waals surface area (Å²) >= 11 is 0. The van der Waals surface area contributed by atoms with E-state index in [0.717, 1.165) is 26.2 Å². The van der Waals surface area contributed by atoms with Gasteiger partial charge >= 0.3 is 0 Å². The monoisotopic (exact) mass is 247 g/mol. The average Bonchev–Trinajstić information content (AvgIpc) is 2.39. The van der Waals surface area contributed by atoms with Crippen molar-refractivity contribution >= 4 is 0 Å². The lowest BCUT2D eigenvalue weighted by atomic mass is 10.0. The maximum atomic E-state index is 3.51. The zero-order valence-corrected chi connectivity index (χ0v) is 11.8. The summed E-state index contributed by atoms with van der Waals surface area (Å²) < 4.78 is 0. The third kappa shape index (κ3) is 3.31. The lowest BCUT2D eigenvalue weighted by Gasteiger charge is -2.41. The summed E-state index contributed by atoms with van der Waals surface area (Å²) in [6.45, 7) is 6.76. The average molecular weight is 247 g/mol. The predicted octanol–water partition coefficient (Wildman–Crippen LogP) is 1.58. The Morgan fingerprint density at radius 2 is 2.06 bits per heavy atom. The van der Waals surface area contributed by atoms with Crippen LogP contribution in [0.3, 0.4) is 0 Å². The minimum absolute atomic E-state index is 0.498. The Morgan fingerprint density at radius 3 is 2.72 bits per heavy atom. The van der Waals surface area contributed by atoms with Crippen molar-refractivity contribution in [3.8, 4) is 0 Å². The van der Waals surface area contributed by atoms with Gasteiger partial charge in [0.15, 0.2) is 0 Å². The van der Waals surface area contributed by atoms with Crippen molar-refractivity contribution in [2.75, 3.05) is 40.3 Å². The van der Waals surface area contributed by atoms with E-state index in [1.807, 2.05) is 0 Å². The van der Waals surface area contributed by atoms with Gasteiger partial charge in [-0.05, 0) is 26.6 Å². The van der Waals surface area contributed by atoms with Gasteiger partial charge in [0, 0.05) is 38.3 Å². The Hall–Kier alpha value is -0.900. The maximum Gasteiger partial charge on any atom is 0.0354 e. The molecule has 0 spiro atoms. The Kier molecular flexibility index (Phi) is 4.75. The van der Waals surface area contributed by atoms with E-state index in [4.69, 9.17) is 0 Å². The van der Waals surface area contributed by atoms with Gasteiger partial charge in [0.2, 0.25) is 0 Å². The molecule has 1 aliphatic heterocycles. The third-order valence-electron chi connectivity index (χ3n) is 3.75. The molecule has 0 aromatic heterocycles. The number of hydrogen-bond acceptors (Lipinski definition) is 3. The number of likely N-dealkylation sites (N-methyl/N-ethyl adjacent to an activating group) is 1. The van der Waals surface area contributed by atoms with Gasteiger partial charge in [-0.2, -0.15) is 0 Å². The first-order chi connectivity index (χ1) is 8.68. The van der Waals surface area contributed by atoms with Gasteiger partial charge in [-0.25, -0.2) is 0 Å². The Labute approximate surface area is 111 Å². The van der Waals surface area contributed by atoms with Crippen molar-refractivity contribution in [1.29, 1.82) is 0 Å². The fourth-order valence-electron chi connectivity index (χ4n) is 2.80.